The molecule has 0 atom stereocenters. The summed E-state index contributed by atoms with van der Waals surface area (Å²) in [4.78, 5) is 14.2. The third-order valence-corrected chi connectivity index (χ3v) is 9.15. The molecule has 9 rings (SSSR count). The Kier molecular flexibility index (Phi) is 5.74. The molecule has 5 heteroatoms. The second kappa shape index (κ2) is 9.98. The topological polar surface area (TPSA) is 47.9 Å². The fourth-order valence-corrected chi connectivity index (χ4v) is 7.22. The molecule has 4 nitrogen and oxygen atoms in total. The van der Waals surface area contributed by atoms with E-state index in [4.69, 9.17) is 21.3 Å². The molecule has 0 unspecified atom stereocenters. The molecule has 3 aromatic heterocycles. The van der Waals surface area contributed by atoms with Crippen LogP contribution in [0.15, 0.2) is 146 Å². The molecule has 4 aromatic carbocycles. The van der Waals surface area contributed by atoms with Crippen LogP contribution in [0.2, 0.25) is 5.02 Å². The Morgan fingerprint density at radius 1 is 0.467 bits per heavy atom. The molecular formula is C40H24ClN3O. The van der Waals surface area contributed by atoms with E-state index in [1.807, 2.05) is 48.5 Å². The third kappa shape index (κ3) is 3.89. The molecule has 0 saturated heterocycles. The van der Waals surface area contributed by atoms with Gasteiger partial charge in [-0.25, -0.2) is 4.98 Å². The van der Waals surface area contributed by atoms with Crippen LogP contribution >= 0.6 is 11.6 Å². The Labute approximate surface area is 265 Å². The largest absolute Gasteiger partial charge is 0.457 e. The van der Waals surface area contributed by atoms with Gasteiger partial charge >= 0.3 is 0 Å². The van der Waals surface area contributed by atoms with Gasteiger partial charge in [-0.1, -0.05) is 78.3 Å². The molecular weight excluding hydrogens is 574 g/mol. The van der Waals surface area contributed by atoms with E-state index in [0.717, 1.165) is 56.5 Å². The van der Waals surface area contributed by atoms with Crippen molar-refractivity contribution in [2.45, 2.75) is 5.41 Å². The number of halogens is 1. The fourth-order valence-electron chi connectivity index (χ4n) is 7.04. The first-order valence-electron chi connectivity index (χ1n) is 14.9. The molecule has 1 aliphatic heterocycles. The smallest absolute Gasteiger partial charge is 0.132 e. The predicted molar refractivity (Wildman–Crippen MR) is 179 cm³/mol. The van der Waals surface area contributed by atoms with E-state index in [1.54, 1.807) is 12.4 Å². The standard InChI is InChI=1S/C40H24ClN3O/c41-27-16-18-39-33(24-27)40(30-11-3-1-9-28(30)29-10-2-4-12-31(29)40)32-21-25(15-17-38(32)45-39)26-22-36(34-13-5-7-19-42-34)44-37(23-26)35-14-6-8-20-43-35/h1-24H. The maximum absolute atomic E-state index is 6.72. The van der Waals surface area contributed by atoms with Crippen LogP contribution in [-0.2, 0) is 5.41 Å². The van der Waals surface area contributed by atoms with Gasteiger partial charge in [0.15, 0.2) is 0 Å². The van der Waals surface area contributed by atoms with Crippen molar-refractivity contribution in [3.05, 3.63) is 173 Å². The van der Waals surface area contributed by atoms with Crippen LogP contribution in [0, 0.1) is 0 Å². The van der Waals surface area contributed by atoms with Crippen molar-refractivity contribution in [3.63, 3.8) is 0 Å². The molecule has 4 heterocycles. The van der Waals surface area contributed by atoms with E-state index in [0.29, 0.717) is 5.02 Å². The Bertz CT molecular complexity index is 2160. The molecule has 1 spiro atoms. The average Bonchev–Trinajstić information content (AvgIpc) is 3.40. The zero-order valence-corrected chi connectivity index (χ0v) is 24.7. The van der Waals surface area contributed by atoms with Gasteiger partial charge in [-0.05, 0) is 100 Å². The molecule has 0 bridgehead atoms. The molecule has 0 radical (unpaired) electrons. The maximum Gasteiger partial charge on any atom is 0.132 e. The van der Waals surface area contributed by atoms with Crippen molar-refractivity contribution >= 4 is 11.6 Å². The summed E-state index contributed by atoms with van der Waals surface area (Å²) < 4.78 is 6.64. The maximum atomic E-state index is 6.72. The van der Waals surface area contributed by atoms with Crippen LogP contribution < -0.4 is 4.74 Å². The zero-order valence-electron chi connectivity index (χ0n) is 24.0. The van der Waals surface area contributed by atoms with Gasteiger partial charge in [0.05, 0.1) is 28.2 Å². The Morgan fingerprint density at radius 3 is 1.62 bits per heavy atom. The zero-order chi connectivity index (χ0) is 30.0. The lowest BCUT2D eigenvalue weighted by molar-refractivity contribution is 0.436. The van der Waals surface area contributed by atoms with Gasteiger partial charge in [-0.2, -0.15) is 0 Å². The van der Waals surface area contributed by atoms with E-state index in [1.165, 1.54) is 22.3 Å². The van der Waals surface area contributed by atoms with Gasteiger partial charge in [-0.15, -0.1) is 0 Å². The van der Waals surface area contributed by atoms with Gasteiger partial charge in [-0.3, -0.25) is 9.97 Å². The molecule has 0 N–H and O–H groups in total. The summed E-state index contributed by atoms with van der Waals surface area (Å²) in [6.45, 7) is 0. The minimum atomic E-state index is -0.613. The number of hydrogen-bond donors (Lipinski definition) is 0. The molecule has 1 aliphatic carbocycles. The van der Waals surface area contributed by atoms with E-state index in [-0.39, 0.29) is 0 Å². The van der Waals surface area contributed by atoms with Gasteiger partial charge in [0.1, 0.15) is 11.5 Å². The Balaban J connectivity index is 1.33. The van der Waals surface area contributed by atoms with Crippen molar-refractivity contribution < 1.29 is 4.74 Å². The lowest BCUT2D eigenvalue weighted by atomic mass is 9.65. The highest BCUT2D eigenvalue weighted by Gasteiger charge is 2.51. The third-order valence-electron chi connectivity index (χ3n) is 8.91. The number of pyridine rings is 3. The summed E-state index contributed by atoms with van der Waals surface area (Å²) >= 11 is 6.72. The van der Waals surface area contributed by atoms with Crippen LogP contribution in [0.5, 0.6) is 11.5 Å². The van der Waals surface area contributed by atoms with E-state index in [2.05, 4.69) is 94.9 Å². The molecule has 7 aromatic rings. The fraction of sp³-hybridized carbons (Fsp3) is 0.0250. The van der Waals surface area contributed by atoms with Gasteiger partial charge in [0.25, 0.3) is 0 Å². The minimum Gasteiger partial charge on any atom is -0.457 e. The van der Waals surface area contributed by atoms with E-state index < -0.39 is 5.41 Å². The van der Waals surface area contributed by atoms with Gasteiger partial charge < -0.3 is 4.74 Å². The van der Waals surface area contributed by atoms with Crippen molar-refractivity contribution in [1.82, 2.24) is 15.0 Å². The summed E-state index contributed by atoms with van der Waals surface area (Å²) in [5, 5.41) is 0.673. The Hall–Kier alpha value is -5.58. The minimum absolute atomic E-state index is 0.613. The number of fused-ring (bicyclic) bond motifs is 9. The van der Waals surface area contributed by atoms with E-state index >= 15 is 0 Å². The first-order chi connectivity index (χ1) is 22.2. The van der Waals surface area contributed by atoms with Crippen LogP contribution in [-0.4, -0.2) is 15.0 Å². The summed E-state index contributed by atoms with van der Waals surface area (Å²) in [6, 6.07) is 45.8. The SMILES string of the molecule is Clc1ccc2c(c1)C1(c3cc(-c4cc(-c5ccccn5)nc(-c5ccccn5)c4)ccc3O2)c2ccccc2-c2ccccc21. The van der Waals surface area contributed by atoms with Crippen LogP contribution in [0.25, 0.3) is 45.0 Å². The van der Waals surface area contributed by atoms with Crippen molar-refractivity contribution in [2.75, 3.05) is 0 Å². The highest BCUT2D eigenvalue weighted by atomic mass is 35.5. The number of hydrogen-bond acceptors (Lipinski definition) is 4. The number of ether oxygens (including phenoxy) is 1. The van der Waals surface area contributed by atoms with E-state index in [9.17, 15) is 0 Å². The number of aromatic nitrogens is 3. The molecule has 2 aliphatic rings. The molecule has 45 heavy (non-hydrogen) atoms. The molecule has 212 valence electrons. The monoisotopic (exact) mass is 597 g/mol. The van der Waals surface area contributed by atoms with Crippen LogP contribution in [0.4, 0.5) is 0 Å². The first-order valence-corrected chi connectivity index (χ1v) is 15.2. The second-order valence-electron chi connectivity index (χ2n) is 11.4. The summed E-state index contributed by atoms with van der Waals surface area (Å²) in [7, 11) is 0. The predicted octanol–water partition coefficient (Wildman–Crippen LogP) is 9.99. The Morgan fingerprint density at radius 2 is 1.02 bits per heavy atom. The van der Waals surface area contributed by atoms with Crippen LogP contribution in [0.1, 0.15) is 22.3 Å². The van der Waals surface area contributed by atoms with Gasteiger partial charge in [0.2, 0.25) is 0 Å². The number of benzene rings is 4. The second-order valence-corrected chi connectivity index (χ2v) is 11.8. The van der Waals surface area contributed by atoms with Crippen molar-refractivity contribution in [3.8, 4) is 56.5 Å². The molecule has 0 fully saturated rings. The summed E-state index contributed by atoms with van der Waals surface area (Å²) in [5.74, 6) is 1.63. The molecule has 0 amide bonds. The average molecular weight is 598 g/mol. The van der Waals surface area contributed by atoms with Crippen LogP contribution in [0.3, 0.4) is 0 Å². The summed E-state index contributed by atoms with van der Waals surface area (Å²) in [5.41, 5.74) is 11.6. The first kappa shape index (κ1) is 25.9. The quantitative estimate of drug-likeness (QED) is 0.203. The summed E-state index contributed by atoms with van der Waals surface area (Å²) in [6.07, 6.45) is 3.59. The van der Waals surface area contributed by atoms with Crippen molar-refractivity contribution in [2.24, 2.45) is 0 Å². The lowest BCUT2D eigenvalue weighted by Gasteiger charge is -2.39. The van der Waals surface area contributed by atoms with Gasteiger partial charge in [0, 0.05) is 28.5 Å². The normalized spacial score (nSPS) is 13.4. The highest BCUT2D eigenvalue weighted by Crippen LogP contribution is 2.62. The molecule has 0 saturated carbocycles. The lowest BCUT2D eigenvalue weighted by Crippen LogP contribution is -2.32. The number of rotatable bonds is 3. The van der Waals surface area contributed by atoms with Crippen molar-refractivity contribution in [1.29, 1.82) is 0 Å². The highest BCUT2D eigenvalue weighted by molar-refractivity contribution is 6.30. The number of nitrogens with zero attached hydrogens (tertiary/aromatic N) is 3.